The number of halogens is 1. The molecule has 0 aliphatic carbocycles. The smallest absolute Gasteiger partial charge is 0.333 e. The van der Waals surface area contributed by atoms with Crippen LogP contribution in [0.1, 0.15) is 30.9 Å². The maximum Gasteiger partial charge on any atom is 0.333 e. The molecule has 0 bridgehead atoms. The topological polar surface area (TPSA) is 46.5 Å². The number of hydrogen-bond donors (Lipinski definition) is 1. The average Bonchev–Trinajstić information content (AvgIpc) is 2.30. The molecular weight excluding hydrogens is 252 g/mol. The van der Waals surface area contributed by atoms with Crippen molar-refractivity contribution in [2.75, 3.05) is 6.61 Å². The molecule has 1 unspecified atom stereocenters. The van der Waals surface area contributed by atoms with Gasteiger partial charge in [0.05, 0.1) is 0 Å². The summed E-state index contributed by atoms with van der Waals surface area (Å²) in [5, 5.41) is 9.79. The standard InChI is InChI=1S/C14H19ClO3/c1-3-4-7-18-13(14(16)17)9-11-5-6-12(15)8-10(11)2/h5-6,8,13H,3-4,7,9H2,1-2H3,(H,16,17). The second-order valence-electron chi connectivity index (χ2n) is 4.33. The van der Waals surface area contributed by atoms with E-state index in [0.717, 1.165) is 24.0 Å². The second kappa shape index (κ2) is 7.39. The summed E-state index contributed by atoms with van der Waals surface area (Å²) in [6.07, 6.45) is 1.47. The minimum absolute atomic E-state index is 0.377. The molecule has 0 heterocycles. The molecule has 0 aromatic heterocycles. The van der Waals surface area contributed by atoms with E-state index in [0.29, 0.717) is 18.1 Å². The van der Waals surface area contributed by atoms with Crippen molar-refractivity contribution in [2.24, 2.45) is 0 Å². The quantitative estimate of drug-likeness (QED) is 0.772. The summed E-state index contributed by atoms with van der Waals surface area (Å²) in [4.78, 5) is 11.1. The van der Waals surface area contributed by atoms with E-state index in [1.165, 1.54) is 0 Å². The molecule has 0 aliphatic rings. The molecule has 1 atom stereocenters. The van der Waals surface area contributed by atoms with Crippen LogP contribution in [0.2, 0.25) is 5.02 Å². The monoisotopic (exact) mass is 270 g/mol. The highest BCUT2D eigenvalue weighted by molar-refractivity contribution is 6.30. The van der Waals surface area contributed by atoms with Gasteiger partial charge in [0.2, 0.25) is 0 Å². The zero-order chi connectivity index (χ0) is 13.5. The van der Waals surface area contributed by atoms with Crippen LogP contribution in [0.5, 0.6) is 0 Å². The highest BCUT2D eigenvalue weighted by Crippen LogP contribution is 2.17. The number of aryl methyl sites for hydroxylation is 1. The van der Waals surface area contributed by atoms with Crippen molar-refractivity contribution in [3.8, 4) is 0 Å². The van der Waals surface area contributed by atoms with Crippen molar-refractivity contribution in [3.05, 3.63) is 34.3 Å². The predicted octanol–water partition coefficient (Wildman–Crippen LogP) is 3.46. The number of unbranched alkanes of at least 4 members (excludes halogenated alkanes) is 1. The Morgan fingerprint density at radius 3 is 2.78 bits per heavy atom. The van der Waals surface area contributed by atoms with Gasteiger partial charge >= 0.3 is 5.97 Å². The second-order valence-corrected chi connectivity index (χ2v) is 4.76. The largest absolute Gasteiger partial charge is 0.479 e. The van der Waals surface area contributed by atoms with E-state index in [1.807, 2.05) is 26.0 Å². The Labute approximate surface area is 113 Å². The minimum Gasteiger partial charge on any atom is -0.479 e. The molecule has 18 heavy (non-hydrogen) atoms. The van der Waals surface area contributed by atoms with E-state index >= 15 is 0 Å². The Balaban J connectivity index is 2.67. The van der Waals surface area contributed by atoms with Crippen LogP contribution in [0.15, 0.2) is 18.2 Å². The average molecular weight is 271 g/mol. The third kappa shape index (κ3) is 4.67. The summed E-state index contributed by atoms with van der Waals surface area (Å²) in [5.74, 6) is -0.916. The predicted molar refractivity (Wildman–Crippen MR) is 72.2 cm³/mol. The molecule has 4 heteroatoms. The lowest BCUT2D eigenvalue weighted by atomic mass is 10.0. The summed E-state index contributed by atoms with van der Waals surface area (Å²) in [7, 11) is 0. The van der Waals surface area contributed by atoms with Crippen LogP contribution in [-0.2, 0) is 16.0 Å². The molecule has 0 saturated carbocycles. The van der Waals surface area contributed by atoms with Crippen molar-refractivity contribution in [2.45, 2.75) is 39.2 Å². The van der Waals surface area contributed by atoms with Gasteiger partial charge in [0.15, 0.2) is 6.10 Å². The Morgan fingerprint density at radius 2 is 2.22 bits per heavy atom. The van der Waals surface area contributed by atoms with Crippen molar-refractivity contribution < 1.29 is 14.6 Å². The van der Waals surface area contributed by atoms with Crippen molar-refractivity contribution >= 4 is 17.6 Å². The highest BCUT2D eigenvalue weighted by Gasteiger charge is 2.19. The lowest BCUT2D eigenvalue weighted by Gasteiger charge is -2.15. The van der Waals surface area contributed by atoms with E-state index in [9.17, 15) is 4.79 Å². The van der Waals surface area contributed by atoms with Gasteiger partial charge < -0.3 is 9.84 Å². The fourth-order valence-corrected chi connectivity index (χ4v) is 1.90. The summed E-state index contributed by atoms with van der Waals surface area (Å²) in [6.45, 7) is 4.45. The van der Waals surface area contributed by atoms with Gasteiger partial charge in [-0.2, -0.15) is 0 Å². The molecule has 0 amide bonds. The normalized spacial score (nSPS) is 12.4. The van der Waals surface area contributed by atoms with Gasteiger partial charge in [-0.25, -0.2) is 4.79 Å². The third-order valence-corrected chi connectivity index (χ3v) is 3.04. The summed E-state index contributed by atoms with van der Waals surface area (Å²) < 4.78 is 5.40. The van der Waals surface area contributed by atoms with Crippen LogP contribution in [0.4, 0.5) is 0 Å². The molecule has 0 spiro atoms. The van der Waals surface area contributed by atoms with E-state index in [2.05, 4.69) is 0 Å². The number of aliphatic carboxylic acids is 1. The number of ether oxygens (including phenoxy) is 1. The lowest BCUT2D eigenvalue weighted by molar-refractivity contribution is -0.150. The Hall–Kier alpha value is -1.06. The number of carboxylic acids is 1. The van der Waals surface area contributed by atoms with Gasteiger partial charge in [0.25, 0.3) is 0 Å². The van der Waals surface area contributed by atoms with Crippen molar-refractivity contribution in [3.63, 3.8) is 0 Å². The lowest BCUT2D eigenvalue weighted by Crippen LogP contribution is -2.27. The first-order valence-electron chi connectivity index (χ1n) is 6.14. The van der Waals surface area contributed by atoms with Gasteiger partial charge in [-0.15, -0.1) is 0 Å². The van der Waals surface area contributed by atoms with Crippen LogP contribution >= 0.6 is 11.6 Å². The maximum atomic E-state index is 11.1. The third-order valence-electron chi connectivity index (χ3n) is 2.80. The van der Waals surface area contributed by atoms with Crippen LogP contribution in [0.3, 0.4) is 0 Å². The fourth-order valence-electron chi connectivity index (χ4n) is 1.68. The van der Waals surface area contributed by atoms with Gasteiger partial charge in [-0.1, -0.05) is 31.0 Å². The molecular formula is C14H19ClO3. The van der Waals surface area contributed by atoms with Crippen molar-refractivity contribution in [1.82, 2.24) is 0 Å². The van der Waals surface area contributed by atoms with Gasteiger partial charge in [0, 0.05) is 18.1 Å². The molecule has 0 radical (unpaired) electrons. The molecule has 1 N–H and O–H groups in total. The molecule has 1 aromatic carbocycles. The molecule has 3 nitrogen and oxygen atoms in total. The Kier molecular flexibility index (Phi) is 6.16. The van der Waals surface area contributed by atoms with Crippen LogP contribution in [0, 0.1) is 6.92 Å². The summed E-state index contributed by atoms with van der Waals surface area (Å²) in [6, 6.07) is 5.47. The van der Waals surface area contributed by atoms with Crippen LogP contribution in [-0.4, -0.2) is 23.8 Å². The fraction of sp³-hybridized carbons (Fsp3) is 0.500. The maximum absolute atomic E-state index is 11.1. The molecule has 0 fully saturated rings. The van der Waals surface area contributed by atoms with E-state index in [4.69, 9.17) is 21.4 Å². The molecule has 1 rings (SSSR count). The summed E-state index contributed by atoms with van der Waals surface area (Å²) >= 11 is 5.87. The van der Waals surface area contributed by atoms with Gasteiger partial charge in [-0.05, 0) is 36.6 Å². The first-order chi connectivity index (χ1) is 8.54. The van der Waals surface area contributed by atoms with Crippen LogP contribution < -0.4 is 0 Å². The number of carbonyl (C=O) groups is 1. The summed E-state index contributed by atoms with van der Waals surface area (Å²) in [5.41, 5.74) is 1.95. The zero-order valence-electron chi connectivity index (χ0n) is 10.8. The van der Waals surface area contributed by atoms with E-state index in [-0.39, 0.29) is 0 Å². The number of benzene rings is 1. The van der Waals surface area contributed by atoms with Crippen LogP contribution in [0.25, 0.3) is 0 Å². The zero-order valence-corrected chi connectivity index (χ0v) is 11.5. The molecule has 100 valence electrons. The van der Waals surface area contributed by atoms with Crippen molar-refractivity contribution in [1.29, 1.82) is 0 Å². The number of hydrogen-bond acceptors (Lipinski definition) is 2. The molecule has 0 aliphatic heterocycles. The first kappa shape index (κ1) is 15.0. The number of rotatable bonds is 7. The van der Waals surface area contributed by atoms with E-state index < -0.39 is 12.1 Å². The highest BCUT2D eigenvalue weighted by atomic mass is 35.5. The minimum atomic E-state index is -0.916. The molecule has 1 aromatic rings. The first-order valence-corrected chi connectivity index (χ1v) is 6.51. The van der Waals surface area contributed by atoms with E-state index in [1.54, 1.807) is 6.07 Å². The number of carboxylic acid groups (broad SMARTS) is 1. The Bertz CT molecular complexity index is 404. The SMILES string of the molecule is CCCCOC(Cc1ccc(Cl)cc1C)C(=O)O. The Morgan fingerprint density at radius 1 is 1.50 bits per heavy atom. The van der Waals surface area contributed by atoms with Gasteiger partial charge in [0.1, 0.15) is 0 Å². The van der Waals surface area contributed by atoms with Gasteiger partial charge in [-0.3, -0.25) is 0 Å². The molecule has 0 saturated heterocycles.